The summed E-state index contributed by atoms with van der Waals surface area (Å²) in [7, 11) is 0. The fraction of sp³-hybridized carbons (Fsp3) is 0.385. The molecule has 0 saturated carbocycles. The van der Waals surface area contributed by atoms with E-state index < -0.39 is 5.79 Å². The highest BCUT2D eigenvalue weighted by Gasteiger charge is 2.44. The number of nitrogens with zero attached hydrogens (tertiary/aromatic N) is 7. The molecule has 7 rings (SSSR count). The molecule has 0 spiro atoms. The molecule has 11 nitrogen and oxygen atoms in total. The number of aromatic nitrogens is 5. The molecule has 3 aromatic carbocycles. The second-order valence-electron chi connectivity index (χ2n) is 13.3. The second kappa shape index (κ2) is 16.1. The molecule has 2 fully saturated rings. The van der Waals surface area contributed by atoms with Crippen LogP contribution >= 0.6 is 23.2 Å². The smallest absolute Gasteiger partial charge is 0.267 e. The maximum Gasteiger partial charge on any atom is 0.267 e. The molecule has 2 aliphatic heterocycles. The lowest BCUT2D eigenvalue weighted by atomic mass is 10.0. The van der Waals surface area contributed by atoms with Crippen molar-refractivity contribution >= 4 is 34.6 Å². The van der Waals surface area contributed by atoms with Crippen molar-refractivity contribution in [3.8, 4) is 16.9 Å². The normalized spacial score (nSPS) is 19.6. The first-order chi connectivity index (χ1) is 25.3. The third-order valence-corrected chi connectivity index (χ3v) is 10.4. The maximum absolute atomic E-state index is 12.6. The van der Waals surface area contributed by atoms with Gasteiger partial charge >= 0.3 is 0 Å². The Morgan fingerprint density at radius 2 is 1.63 bits per heavy atom. The third kappa shape index (κ3) is 8.13. The van der Waals surface area contributed by atoms with E-state index in [0.29, 0.717) is 36.2 Å². The van der Waals surface area contributed by atoms with Crippen molar-refractivity contribution in [3.63, 3.8) is 0 Å². The van der Waals surface area contributed by atoms with Crippen molar-refractivity contribution in [1.29, 1.82) is 0 Å². The number of benzene rings is 3. The topological polar surface area (TPSA) is 99.8 Å². The summed E-state index contributed by atoms with van der Waals surface area (Å²) in [5.41, 5.74) is 4.83. The standard InChI is InChI=1S/C39H43Cl2N7O4/c1-3-28(2)48-38(49)21-30(23-43-48)29-5-8-32(9-6-29)45-17-19-46(20-18-45)33-10-12-34(13-11-33)50-24-35-25-51-39(52-35,15-4-16-47-27-42-26-44-47)36-14-7-31(40)22-37(36)41/h5-14,21-23,26-28,35H,3-4,15-20,24-25H2,1-2H3. The van der Waals surface area contributed by atoms with E-state index in [1.54, 1.807) is 40.1 Å². The van der Waals surface area contributed by atoms with Crippen LogP contribution in [-0.2, 0) is 21.8 Å². The number of rotatable bonds is 13. The number of halogens is 2. The van der Waals surface area contributed by atoms with Gasteiger partial charge in [-0.1, -0.05) is 48.3 Å². The van der Waals surface area contributed by atoms with Gasteiger partial charge in [0, 0.05) is 72.7 Å². The summed E-state index contributed by atoms with van der Waals surface area (Å²) in [5, 5.41) is 9.66. The fourth-order valence-electron chi connectivity index (χ4n) is 6.78. The lowest BCUT2D eigenvalue weighted by molar-refractivity contribution is -0.185. The second-order valence-corrected chi connectivity index (χ2v) is 14.1. The zero-order valence-corrected chi connectivity index (χ0v) is 30.9. The number of ether oxygens (including phenoxy) is 3. The van der Waals surface area contributed by atoms with E-state index in [4.69, 9.17) is 37.4 Å². The van der Waals surface area contributed by atoms with Crippen molar-refractivity contribution in [2.75, 3.05) is 49.2 Å². The lowest BCUT2D eigenvalue weighted by Crippen LogP contribution is -2.46. The molecule has 2 aromatic heterocycles. The quantitative estimate of drug-likeness (QED) is 0.124. The Kier molecular flexibility index (Phi) is 11.1. The van der Waals surface area contributed by atoms with E-state index in [2.05, 4.69) is 68.3 Å². The molecule has 2 aliphatic rings. The molecule has 2 saturated heterocycles. The highest BCUT2D eigenvalue weighted by atomic mass is 35.5. The van der Waals surface area contributed by atoms with Crippen LogP contribution in [0.2, 0.25) is 10.0 Å². The minimum Gasteiger partial charge on any atom is -0.491 e. The highest BCUT2D eigenvalue weighted by Crippen LogP contribution is 2.42. The minimum atomic E-state index is -1.01. The molecule has 0 bridgehead atoms. The van der Waals surface area contributed by atoms with E-state index in [-0.39, 0.29) is 17.7 Å². The molecule has 0 aliphatic carbocycles. The predicted molar refractivity (Wildman–Crippen MR) is 204 cm³/mol. The summed E-state index contributed by atoms with van der Waals surface area (Å²) in [6, 6.07) is 23.8. The summed E-state index contributed by atoms with van der Waals surface area (Å²) in [4.78, 5) is 21.4. The molecule has 13 heteroatoms. The summed E-state index contributed by atoms with van der Waals surface area (Å²) in [6.07, 6.45) is 6.89. The Morgan fingerprint density at radius 3 is 2.27 bits per heavy atom. The molecule has 0 N–H and O–H groups in total. The van der Waals surface area contributed by atoms with Crippen molar-refractivity contribution in [2.45, 2.75) is 57.6 Å². The molecule has 5 aromatic rings. The Balaban J connectivity index is 0.909. The summed E-state index contributed by atoms with van der Waals surface area (Å²) in [6.45, 7) is 9.05. The van der Waals surface area contributed by atoms with Crippen molar-refractivity contribution in [3.05, 3.63) is 118 Å². The molecule has 3 unspecified atom stereocenters. The van der Waals surface area contributed by atoms with Gasteiger partial charge in [-0.15, -0.1) is 0 Å². The minimum absolute atomic E-state index is 0.0709. The molecule has 0 amide bonds. The van der Waals surface area contributed by atoms with Crippen LogP contribution in [0.3, 0.4) is 0 Å². The molecule has 3 atom stereocenters. The summed E-state index contributed by atoms with van der Waals surface area (Å²) < 4.78 is 22.4. The predicted octanol–water partition coefficient (Wildman–Crippen LogP) is 7.23. The van der Waals surface area contributed by atoms with E-state index >= 15 is 0 Å². The Hall–Kier alpha value is -4.42. The van der Waals surface area contributed by atoms with Crippen LogP contribution in [-0.4, -0.2) is 70.0 Å². The van der Waals surface area contributed by atoms with Gasteiger partial charge in [-0.2, -0.15) is 10.2 Å². The monoisotopic (exact) mass is 743 g/mol. The van der Waals surface area contributed by atoms with Gasteiger partial charge in [0.1, 0.15) is 31.1 Å². The first-order valence-electron chi connectivity index (χ1n) is 17.8. The van der Waals surface area contributed by atoms with Gasteiger partial charge in [-0.3, -0.25) is 9.48 Å². The summed E-state index contributed by atoms with van der Waals surface area (Å²) in [5.74, 6) is -0.242. The first kappa shape index (κ1) is 36.0. The third-order valence-electron chi connectivity index (χ3n) is 9.88. The van der Waals surface area contributed by atoms with Gasteiger partial charge < -0.3 is 24.0 Å². The van der Waals surface area contributed by atoms with Gasteiger partial charge in [-0.25, -0.2) is 9.67 Å². The van der Waals surface area contributed by atoms with E-state index in [1.165, 1.54) is 12.0 Å². The average Bonchev–Trinajstić information content (AvgIpc) is 3.85. The largest absolute Gasteiger partial charge is 0.491 e. The number of anilines is 2. The Morgan fingerprint density at radius 1 is 0.923 bits per heavy atom. The van der Waals surface area contributed by atoms with Crippen LogP contribution in [0, 0.1) is 0 Å². The van der Waals surface area contributed by atoms with Crippen molar-refractivity contribution in [2.24, 2.45) is 0 Å². The zero-order valence-electron chi connectivity index (χ0n) is 29.4. The number of piperazine rings is 1. The van der Waals surface area contributed by atoms with Crippen LogP contribution < -0.4 is 20.1 Å². The molecule has 272 valence electrons. The fourth-order valence-corrected chi connectivity index (χ4v) is 7.34. The van der Waals surface area contributed by atoms with Gasteiger partial charge in [0.25, 0.3) is 5.56 Å². The van der Waals surface area contributed by atoms with Crippen molar-refractivity contribution < 1.29 is 14.2 Å². The SMILES string of the molecule is CCC(C)n1ncc(-c2ccc(N3CCN(c4ccc(OCC5COC(CCCn6cncn6)(c6ccc(Cl)cc6Cl)O5)cc4)CC3)cc2)cc1=O. The lowest BCUT2D eigenvalue weighted by Gasteiger charge is -2.37. The number of aryl methyl sites for hydroxylation is 1. The number of hydrogen-bond acceptors (Lipinski definition) is 9. The number of hydrogen-bond donors (Lipinski definition) is 0. The van der Waals surface area contributed by atoms with E-state index in [0.717, 1.165) is 67.1 Å². The van der Waals surface area contributed by atoms with Gasteiger partial charge in [0.15, 0.2) is 5.79 Å². The van der Waals surface area contributed by atoms with Gasteiger partial charge in [0.05, 0.1) is 23.9 Å². The van der Waals surface area contributed by atoms with E-state index in [1.807, 2.05) is 25.1 Å². The van der Waals surface area contributed by atoms with Crippen LogP contribution in [0.15, 0.2) is 96.4 Å². The van der Waals surface area contributed by atoms with Gasteiger partial charge in [0.2, 0.25) is 0 Å². The molecular formula is C39H43Cl2N7O4. The molecular weight excluding hydrogens is 701 g/mol. The van der Waals surface area contributed by atoms with Crippen molar-refractivity contribution in [1.82, 2.24) is 24.5 Å². The Bertz CT molecular complexity index is 1980. The highest BCUT2D eigenvalue weighted by molar-refractivity contribution is 6.35. The van der Waals surface area contributed by atoms with Crippen LogP contribution in [0.5, 0.6) is 5.75 Å². The van der Waals surface area contributed by atoms with Crippen LogP contribution in [0.1, 0.15) is 44.7 Å². The molecule has 52 heavy (non-hydrogen) atoms. The maximum atomic E-state index is 12.6. The average molecular weight is 745 g/mol. The first-order valence-corrected chi connectivity index (χ1v) is 18.6. The van der Waals surface area contributed by atoms with E-state index in [9.17, 15) is 4.79 Å². The summed E-state index contributed by atoms with van der Waals surface area (Å²) >= 11 is 12.8. The van der Waals surface area contributed by atoms with Crippen LogP contribution in [0.25, 0.3) is 11.1 Å². The molecule has 0 radical (unpaired) electrons. The molecule has 4 heterocycles. The zero-order chi connectivity index (χ0) is 36.1. The van der Waals surface area contributed by atoms with Gasteiger partial charge in [-0.05, 0) is 73.9 Å². The Labute approximate surface area is 313 Å². The van der Waals surface area contributed by atoms with Crippen LogP contribution in [0.4, 0.5) is 11.4 Å².